The quantitative estimate of drug-likeness (QED) is 0.914. The van der Waals surface area contributed by atoms with E-state index in [4.69, 9.17) is 5.73 Å². The average molecular weight is 257 g/mol. The second kappa shape index (κ2) is 4.77. The molecule has 0 amide bonds. The van der Waals surface area contributed by atoms with E-state index in [0.29, 0.717) is 6.54 Å². The number of hydrogen-bond donors (Lipinski definition) is 1. The number of rotatable bonds is 3. The van der Waals surface area contributed by atoms with E-state index >= 15 is 0 Å². The molecule has 0 unspecified atom stereocenters. The van der Waals surface area contributed by atoms with E-state index in [1.54, 1.807) is 24.3 Å². The molecular weight excluding hydrogens is 247 g/mol. The summed E-state index contributed by atoms with van der Waals surface area (Å²) in [4.78, 5) is 3.31. The summed E-state index contributed by atoms with van der Waals surface area (Å²) in [6.07, 6.45) is -4.45. The van der Waals surface area contributed by atoms with Crippen LogP contribution in [-0.4, -0.2) is 10.1 Å². The van der Waals surface area contributed by atoms with Crippen molar-refractivity contribution in [1.29, 1.82) is 0 Å². The molecule has 0 aliphatic carbocycles. The standard InChI is InChI=1S/C11H10F3N3O/c12-11(13,14)10-16-9(18-17-10)5-7-3-1-2-4-8(7)6-15/h1-4H,5-6,15H2. The van der Waals surface area contributed by atoms with Gasteiger partial charge >= 0.3 is 6.18 Å². The average Bonchev–Trinajstić information content (AvgIpc) is 2.78. The summed E-state index contributed by atoms with van der Waals surface area (Å²) in [6.45, 7) is 0.302. The van der Waals surface area contributed by atoms with Crippen molar-refractivity contribution in [3.8, 4) is 0 Å². The van der Waals surface area contributed by atoms with Gasteiger partial charge in [0.2, 0.25) is 5.89 Å². The molecular formula is C11H10F3N3O. The van der Waals surface area contributed by atoms with Crippen molar-refractivity contribution in [1.82, 2.24) is 10.1 Å². The van der Waals surface area contributed by atoms with Crippen molar-refractivity contribution in [2.45, 2.75) is 19.1 Å². The molecule has 0 saturated carbocycles. The highest BCUT2D eigenvalue weighted by Crippen LogP contribution is 2.26. The molecule has 0 aliphatic rings. The molecule has 4 nitrogen and oxygen atoms in total. The minimum Gasteiger partial charge on any atom is -0.339 e. The van der Waals surface area contributed by atoms with Crippen molar-refractivity contribution >= 4 is 0 Å². The maximum absolute atomic E-state index is 12.3. The van der Waals surface area contributed by atoms with Gasteiger partial charge in [-0.05, 0) is 11.1 Å². The third-order valence-corrected chi connectivity index (χ3v) is 2.40. The fourth-order valence-electron chi connectivity index (χ4n) is 1.53. The van der Waals surface area contributed by atoms with Crippen LogP contribution in [0.15, 0.2) is 28.8 Å². The van der Waals surface area contributed by atoms with Crippen LogP contribution in [0.25, 0.3) is 0 Å². The summed E-state index contributed by atoms with van der Waals surface area (Å²) in [5.74, 6) is -1.34. The molecule has 0 saturated heterocycles. The molecule has 1 aromatic carbocycles. The predicted octanol–water partition coefficient (Wildman–Crippen LogP) is 2.14. The zero-order chi connectivity index (χ0) is 13.2. The van der Waals surface area contributed by atoms with Crippen molar-refractivity contribution in [2.24, 2.45) is 5.73 Å². The lowest BCUT2D eigenvalue weighted by molar-refractivity contribution is -0.146. The zero-order valence-corrected chi connectivity index (χ0v) is 9.24. The molecule has 18 heavy (non-hydrogen) atoms. The molecule has 0 bridgehead atoms. The molecule has 7 heteroatoms. The van der Waals surface area contributed by atoms with Crippen LogP contribution < -0.4 is 5.73 Å². The molecule has 0 atom stereocenters. The Balaban J connectivity index is 2.22. The summed E-state index contributed by atoms with van der Waals surface area (Å²) in [5, 5.41) is 2.90. The normalized spacial score (nSPS) is 11.8. The van der Waals surface area contributed by atoms with Crippen molar-refractivity contribution in [2.75, 3.05) is 0 Å². The zero-order valence-electron chi connectivity index (χ0n) is 9.24. The van der Waals surface area contributed by atoms with Crippen LogP contribution in [0.2, 0.25) is 0 Å². The highest BCUT2D eigenvalue weighted by atomic mass is 19.4. The lowest BCUT2D eigenvalue weighted by Crippen LogP contribution is -2.07. The number of nitrogens with two attached hydrogens (primary N) is 1. The van der Waals surface area contributed by atoms with Gasteiger partial charge in [-0.1, -0.05) is 29.4 Å². The fourth-order valence-corrected chi connectivity index (χ4v) is 1.53. The maximum Gasteiger partial charge on any atom is 0.455 e. The molecule has 0 aliphatic heterocycles. The van der Waals surface area contributed by atoms with Gasteiger partial charge in [0, 0.05) is 6.54 Å². The van der Waals surface area contributed by atoms with Gasteiger partial charge in [-0.3, -0.25) is 0 Å². The Morgan fingerprint density at radius 1 is 1.17 bits per heavy atom. The lowest BCUT2D eigenvalue weighted by Gasteiger charge is -2.03. The molecule has 1 aromatic heterocycles. The summed E-state index contributed by atoms with van der Waals surface area (Å²) < 4.78 is 41.4. The van der Waals surface area contributed by atoms with E-state index in [-0.39, 0.29) is 12.3 Å². The first-order chi connectivity index (χ1) is 8.50. The van der Waals surface area contributed by atoms with E-state index in [1.807, 2.05) is 0 Å². The van der Waals surface area contributed by atoms with Crippen LogP contribution in [0, 0.1) is 0 Å². The largest absolute Gasteiger partial charge is 0.455 e. The van der Waals surface area contributed by atoms with E-state index in [2.05, 4.69) is 14.7 Å². The Hall–Kier alpha value is -1.89. The highest BCUT2D eigenvalue weighted by molar-refractivity contribution is 5.29. The van der Waals surface area contributed by atoms with E-state index in [9.17, 15) is 13.2 Å². The van der Waals surface area contributed by atoms with Gasteiger partial charge in [0.25, 0.3) is 5.82 Å². The Morgan fingerprint density at radius 3 is 2.39 bits per heavy atom. The second-order valence-electron chi connectivity index (χ2n) is 3.66. The Kier molecular flexibility index (Phi) is 3.33. The maximum atomic E-state index is 12.3. The van der Waals surface area contributed by atoms with Gasteiger partial charge in [-0.25, -0.2) is 0 Å². The third-order valence-electron chi connectivity index (χ3n) is 2.40. The smallest absolute Gasteiger partial charge is 0.339 e. The molecule has 2 rings (SSSR count). The first-order valence-corrected chi connectivity index (χ1v) is 5.17. The molecule has 1 heterocycles. The van der Waals surface area contributed by atoms with Gasteiger partial charge < -0.3 is 10.3 Å². The number of nitrogens with zero attached hydrogens (tertiary/aromatic N) is 2. The van der Waals surface area contributed by atoms with Crippen LogP contribution in [0.3, 0.4) is 0 Å². The lowest BCUT2D eigenvalue weighted by atomic mass is 10.0. The van der Waals surface area contributed by atoms with Gasteiger partial charge in [0.05, 0.1) is 6.42 Å². The third kappa shape index (κ3) is 2.67. The summed E-state index contributed by atoms with van der Waals surface area (Å²) in [6, 6.07) is 7.15. The number of alkyl halides is 3. The van der Waals surface area contributed by atoms with Gasteiger partial charge in [0.1, 0.15) is 0 Å². The molecule has 2 N–H and O–H groups in total. The van der Waals surface area contributed by atoms with Crippen molar-refractivity contribution < 1.29 is 17.7 Å². The summed E-state index contributed by atoms with van der Waals surface area (Å²) in [5.41, 5.74) is 7.14. The monoisotopic (exact) mass is 257 g/mol. The molecule has 2 aromatic rings. The van der Waals surface area contributed by atoms with Gasteiger partial charge in [-0.15, -0.1) is 0 Å². The Bertz CT molecular complexity index is 536. The van der Waals surface area contributed by atoms with E-state index in [1.165, 1.54) is 0 Å². The molecule has 96 valence electrons. The summed E-state index contributed by atoms with van der Waals surface area (Å²) in [7, 11) is 0. The number of aromatic nitrogens is 2. The number of hydrogen-bond acceptors (Lipinski definition) is 4. The van der Waals surface area contributed by atoms with E-state index in [0.717, 1.165) is 11.1 Å². The Labute approximate surface area is 101 Å². The second-order valence-corrected chi connectivity index (χ2v) is 3.66. The van der Waals surface area contributed by atoms with Crippen LogP contribution in [0.4, 0.5) is 13.2 Å². The molecule has 0 fully saturated rings. The molecule has 0 radical (unpaired) electrons. The number of benzene rings is 1. The SMILES string of the molecule is NCc1ccccc1Cc1nc(C(F)(F)F)no1. The fraction of sp³-hybridized carbons (Fsp3) is 0.273. The van der Waals surface area contributed by atoms with Crippen LogP contribution in [-0.2, 0) is 19.1 Å². The van der Waals surface area contributed by atoms with Crippen molar-refractivity contribution in [3.05, 3.63) is 47.1 Å². The highest BCUT2D eigenvalue weighted by Gasteiger charge is 2.37. The minimum absolute atomic E-state index is 0.0803. The van der Waals surface area contributed by atoms with Gasteiger partial charge in [-0.2, -0.15) is 18.2 Å². The van der Waals surface area contributed by atoms with Gasteiger partial charge in [0.15, 0.2) is 0 Å². The first-order valence-electron chi connectivity index (χ1n) is 5.17. The van der Waals surface area contributed by atoms with Crippen molar-refractivity contribution in [3.63, 3.8) is 0 Å². The minimum atomic E-state index is -4.59. The van der Waals surface area contributed by atoms with Crippen LogP contribution >= 0.6 is 0 Å². The number of halogens is 3. The first kappa shape index (κ1) is 12.6. The van der Waals surface area contributed by atoms with Crippen LogP contribution in [0.1, 0.15) is 22.8 Å². The van der Waals surface area contributed by atoms with E-state index < -0.39 is 12.0 Å². The van der Waals surface area contributed by atoms with Crippen LogP contribution in [0.5, 0.6) is 0 Å². The predicted molar refractivity (Wildman–Crippen MR) is 56.4 cm³/mol. The summed E-state index contributed by atoms with van der Waals surface area (Å²) >= 11 is 0. The Morgan fingerprint density at radius 2 is 1.83 bits per heavy atom. The molecule has 0 spiro atoms. The topological polar surface area (TPSA) is 64.9 Å².